The van der Waals surface area contributed by atoms with E-state index in [4.69, 9.17) is 4.74 Å². The van der Waals surface area contributed by atoms with Gasteiger partial charge < -0.3 is 14.7 Å². The molecule has 38 heavy (non-hydrogen) atoms. The SMILES string of the molecule is CC/C=C(\O)COc1cccc(CCCN2C=C(C(c3ccccc3)c3ccccc3)C=C/C2=C/CC)c1. The Morgan fingerprint density at radius 1 is 0.868 bits per heavy atom. The van der Waals surface area contributed by atoms with Crippen LogP contribution in [0.1, 0.15) is 55.7 Å². The van der Waals surface area contributed by atoms with Crippen LogP contribution in [0.15, 0.2) is 132 Å². The first-order chi connectivity index (χ1) is 18.7. The van der Waals surface area contributed by atoms with Crippen LogP contribution >= 0.6 is 0 Å². The monoisotopic (exact) mass is 505 g/mol. The number of ether oxygens (including phenoxy) is 1. The van der Waals surface area contributed by atoms with Crippen LogP contribution in [0.4, 0.5) is 0 Å². The predicted molar refractivity (Wildman–Crippen MR) is 158 cm³/mol. The summed E-state index contributed by atoms with van der Waals surface area (Å²) >= 11 is 0. The highest BCUT2D eigenvalue weighted by atomic mass is 16.5. The zero-order valence-electron chi connectivity index (χ0n) is 22.6. The molecule has 3 aromatic rings. The van der Waals surface area contributed by atoms with Crippen molar-refractivity contribution in [3.8, 4) is 5.75 Å². The molecule has 3 aromatic carbocycles. The third-order valence-corrected chi connectivity index (χ3v) is 6.68. The molecule has 0 unspecified atom stereocenters. The highest BCUT2D eigenvalue weighted by Crippen LogP contribution is 2.35. The molecule has 0 aromatic heterocycles. The Bertz CT molecular complexity index is 1230. The number of aliphatic hydroxyl groups is 1. The molecule has 1 heterocycles. The number of rotatable bonds is 12. The highest BCUT2D eigenvalue weighted by molar-refractivity contribution is 5.48. The van der Waals surface area contributed by atoms with Crippen LogP contribution < -0.4 is 4.74 Å². The Kier molecular flexibility index (Phi) is 10.0. The van der Waals surface area contributed by atoms with Gasteiger partial charge in [0, 0.05) is 24.4 Å². The fourth-order valence-electron chi connectivity index (χ4n) is 4.90. The molecule has 1 aliphatic heterocycles. The van der Waals surface area contributed by atoms with E-state index in [0.29, 0.717) is 0 Å². The molecule has 3 nitrogen and oxygen atoms in total. The van der Waals surface area contributed by atoms with Crippen molar-refractivity contribution in [3.63, 3.8) is 0 Å². The van der Waals surface area contributed by atoms with Gasteiger partial charge in [0.1, 0.15) is 18.1 Å². The van der Waals surface area contributed by atoms with Gasteiger partial charge in [-0.3, -0.25) is 0 Å². The van der Waals surface area contributed by atoms with Crippen molar-refractivity contribution in [2.45, 2.75) is 45.4 Å². The third kappa shape index (κ3) is 7.52. The van der Waals surface area contributed by atoms with Crippen LogP contribution in [0.2, 0.25) is 0 Å². The molecular formula is C35H39NO2. The Morgan fingerprint density at radius 2 is 1.58 bits per heavy atom. The summed E-state index contributed by atoms with van der Waals surface area (Å²) in [5.74, 6) is 1.26. The molecule has 0 bridgehead atoms. The van der Waals surface area contributed by atoms with Gasteiger partial charge in [-0.05, 0) is 72.2 Å². The first kappa shape index (κ1) is 27.1. The normalized spacial score (nSPS) is 14.7. The van der Waals surface area contributed by atoms with Crippen LogP contribution in [-0.4, -0.2) is 23.2 Å². The molecule has 196 valence electrons. The molecule has 3 heteroatoms. The molecule has 0 fully saturated rings. The van der Waals surface area contributed by atoms with Gasteiger partial charge in [-0.25, -0.2) is 0 Å². The number of nitrogens with zero attached hydrogens (tertiary/aromatic N) is 1. The van der Waals surface area contributed by atoms with Crippen LogP contribution in [0, 0.1) is 0 Å². The van der Waals surface area contributed by atoms with Crippen molar-refractivity contribution in [3.05, 3.63) is 149 Å². The maximum atomic E-state index is 9.85. The van der Waals surface area contributed by atoms with Gasteiger partial charge in [-0.15, -0.1) is 0 Å². The first-order valence-corrected chi connectivity index (χ1v) is 13.7. The lowest BCUT2D eigenvalue weighted by Crippen LogP contribution is -2.22. The largest absolute Gasteiger partial charge is 0.509 e. The van der Waals surface area contributed by atoms with Gasteiger partial charge in [0.05, 0.1) is 0 Å². The van der Waals surface area contributed by atoms with E-state index in [-0.39, 0.29) is 18.3 Å². The van der Waals surface area contributed by atoms with Crippen molar-refractivity contribution in [2.75, 3.05) is 13.2 Å². The van der Waals surface area contributed by atoms with Gasteiger partial charge >= 0.3 is 0 Å². The highest BCUT2D eigenvalue weighted by Gasteiger charge is 2.21. The van der Waals surface area contributed by atoms with Crippen molar-refractivity contribution in [1.82, 2.24) is 4.90 Å². The molecule has 0 saturated heterocycles. The molecule has 0 spiro atoms. The topological polar surface area (TPSA) is 32.7 Å². The number of aryl methyl sites for hydroxylation is 1. The summed E-state index contributed by atoms with van der Waals surface area (Å²) in [7, 11) is 0. The number of aliphatic hydroxyl groups excluding tert-OH is 1. The second-order valence-electron chi connectivity index (χ2n) is 9.59. The number of allylic oxidation sites excluding steroid dienone is 5. The Morgan fingerprint density at radius 3 is 2.24 bits per heavy atom. The van der Waals surface area contributed by atoms with E-state index >= 15 is 0 Å². The molecule has 0 amide bonds. The number of hydrogen-bond donors (Lipinski definition) is 1. The first-order valence-electron chi connectivity index (χ1n) is 13.7. The third-order valence-electron chi connectivity index (χ3n) is 6.68. The minimum Gasteiger partial charge on any atom is -0.509 e. The zero-order chi connectivity index (χ0) is 26.6. The van der Waals surface area contributed by atoms with E-state index in [1.165, 1.54) is 28.0 Å². The van der Waals surface area contributed by atoms with E-state index in [1.807, 2.05) is 19.1 Å². The van der Waals surface area contributed by atoms with E-state index in [1.54, 1.807) is 6.08 Å². The maximum absolute atomic E-state index is 9.85. The maximum Gasteiger partial charge on any atom is 0.145 e. The van der Waals surface area contributed by atoms with Crippen LogP contribution in [0.3, 0.4) is 0 Å². The van der Waals surface area contributed by atoms with Gasteiger partial charge in [0.2, 0.25) is 0 Å². The van der Waals surface area contributed by atoms with E-state index in [0.717, 1.165) is 38.0 Å². The number of hydrogen-bond acceptors (Lipinski definition) is 3. The van der Waals surface area contributed by atoms with Gasteiger partial charge in [0.25, 0.3) is 0 Å². The average molecular weight is 506 g/mol. The standard InChI is InChI=1S/C35H39NO2/c1-3-13-32-23-22-31(35(29-17-7-5-8-18-29)30-19-9-6-10-20-30)26-36(32)24-12-16-28-15-11-21-34(25-28)38-27-33(37)14-4-2/h5-11,13-15,17-23,25-26,35,37H,3-4,12,16,24,27H2,1-2H3/b32-13-,33-14-. The Hall–Kier alpha value is -3.98. The van der Waals surface area contributed by atoms with Crippen molar-refractivity contribution >= 4 is 0 Å². The predicted octanol–water partition coefficient (Wildman–Crippen LogP) is 8.73. The van der Waals surface area contributed by atoms with Crippen LogP contribution in [-0.2, 0) is 6.42 Å². The second-order valence-corrected chi connectivity index (χ2v) is 9.59. The Labute approximate surface area is 228 Å². The molecule has 0 atom stereocenters. The van der Waals surface area contributed by atoms with E-state index < -0.39 is 0 Å². The minimum atomic E-state index is 0.186. The van der Waals surface area contributed by atoms with Crippen molar-refractivity contribution in [1.29, 1.82) is 0 Å². The summed E-state index contributed by atoms with van der Waals surface area (Å²) in [6, 6.07) is 29.7. The molecular weight excluding hydrogens is 466 g/mol. The fraction of sp³-hybridized carbons (Fsp3) is 0.257. The average Bonchev–Trinajstić information content (AvgIpc) is 2.95. The lowest BCUT2D eigenvalue weighted by atomic mass is 9.84. The zero-order valence-corrected chi connectivity index (χ0v) is 22.6. The molecule has 0 aliphatic carbocycles. The van der Waals surface area contributed by atoms with Crippen LogP contribution in [0.25, 0.3) is 0 Å². The van der Waals surface area contributed by atoms with Gasteiger partial charge in [-0.2, -0.15) is 0 Å². The van der Waals surface area contributed by atoms with E-state index in [2.05, 4.69) is 109 Å². The Balaban J connectivity index is 1.49. The fourth-order valence-corrected chi connectivity index (χ4v) is 4.90. The minimum absolute atomic E-state index is 0.186. The van der Waals surface area contributed by atoms with Crippen molar-refractivity contribution < 1.29 is 9.84 Å². The molecule has 0 saturated carbocycles. The van der Waals surface area contributed by atoms with Gasteiger partial charge in [-0.1, -0.05) is 98.8 Å². The molecule has 0 radical (unpaired) electrons. The molecule has 1 N–H and O–H groups in total. The van der Waals surface area contributed by atoms with Crippen LogP contribution in [0.5, 0.6) is 5.75 Å². The summed E-state index contributed by atoms with van der Waals surface area (Å²) in [6.45, 7) is 5.33. The lowest BCUT2D eigenvalue weighted by Gasteiger charge is -2.30. The molecule has 4 rings (SSSR count). The summed E-state index contributed by atoms with van der Waals surface area (Å²) < 4.78 is 5.77. The number of benzene rings is 3. The van der Waals surface area contributed by atoms with Crippen molar-refractivity contribution in [2.24, 2.45) is 0 Å². The van der Waals surface area contributed by atoms with Gasteiger partial charge in [0.15, 0.2) is 0 Å². The second kappa shape index (κ2) is 14.1. The summed E-state index contributed by atoms with van der Waals surface area (Å²) in [6.07, 6.45) is 14.7. The quantitative estimate of drug-likeness (QED) is 0.250. The molecule has 1 aliphatic rings. The summed E-state index contributed by atoms with van der Waals surface area (Å²) in [5.41, 5.74) is 6.39. The van der Waals surface area contributed by atoms with E-state index in [9.17, 15) is 5.11 Å². The summed E-state index contributed by atoms with van der Waals surface area (Å²) in [5, 5.41) is 9.85. The summed E-state index contributed by atoms with van der Waals surface area (Å²) in [4.78, 5) is 2.41. The lowest BCUT2D eigenvalue weighted by molar-refractivity contribution is 0.269. The smallest absolute Gasteiger partial charge is 0.145 e.